The molecule has 2 aliphatic rings. The topological polar surface area (TPSA) is 45.3 Å². The average molecular weight is 494 g/mol. The van der Waals surface area contributed by atoms with E-state index in [1.807, 2.05) is 31.1 Å². The minimum atomic E-state index is 0.236. The number of fused-ring (bicyclic) bond motifs is 1. The van der Waals surface area contributed by atoms with Crippen LogP contribution in [0.15, 0.2) is 48.5 Å². The van der Waals surface area contributed by atoms with Crippen molar-refractivity contribution < 1.29 is 14.3 Å². The van der Waals surface area contributed by atoms with Crippen molar-refractivity contribution in [2.45, 2.75) is 45.1 Å². The van der Waals surface area contributed by atoms with E-state index in [1.165, 1.54) is 30.4 Å². The maximum Gasteiger partial charge on any atom is 0.236 e. The van der Waals surface area contributed by atoms with Crippen LogP contribution in [0.4, 0.5) is 0 Å². The molecule has 6 nitrogen and oxygen atoms in total. The van der Waals surface area contributed by atoms with Crippen LogP contribution in [0.25, 0.3) is 0 Å². The lowest BCUT2D eigenvalue weighted by Crippen LogP contribution is -2.50. The summed E-state index contributed by atoms with van der Waals surface area (Å²) in [6, 6.07) is 16.9. The number of rotatable bonds is 5. The summed E-state index contributed by atoms with van der Waals surface area (Å²) in [5.74, 6) is 2.17. The molecule has 196 valence electrons. The normalized spacial score (nSPS) is 19.2. The van der Waals surface area contributed by atoms with Crippen LogP contribution in [0.3, 0.4) is 0 Å². The molecule has 1 amide bonds. The van der Waals surface area contributed by atoms with Gasteiger partial charge in [0, 0.05) is 32.7 Å². The van der Waals surface area contributed by atoms with Crippen LogP contribution < -0.4 is 9.47 Å². The number of carbonyl (C=O) groups is 1. The lowest BCUT2D eigenvalue weighted by molar-refractivity contribution is -0.134. The zero-order chi connectivity index (χ0) is 25.4. The molecule has 1 saturated heterocycles. The number of amides is 1. The Bertz CT molecular complexity index is 968. The van der Waals surface area contributed by atoms with Gasteiger partial charge in [-0.15, -0.1) is 0 Å². The lowest BCUT2D eigenvalue weighted by Gasteiger charge is -2.45. The maximum absolute atomic E-state index is 12.7. The van der Waals surface area contributed by atoms with E-state index < -0.39 is 0 Å². The Morgan fingerprint density at radius 3 is 2.47 bits per heavy atom. The van der Waals surface area contributed by atoms with Gasteiger partial charge < -0.3 is 19.3 Å². The van der Waals surface area contributed by atoms with Gasteiger partial charge in [0.05, 0.1) is 13.7 Å². The number of likely N-dealkylation sites (tertiary alicyclic amines) is 1. The summed E-state index contributed by atoms with van der Waals surface area (Å²) in [5.41, 5.74) is 2.84. The molecule has 2 aliphatic heterocycles. The van der Waals surface area contributed by atoms with Crippen molar-refractivity contribution in [3.63, 3.8) is 0 Å². The van der Waals surface area contributed by atoms with Crippen LogP contribution in [0.2, 0.25) is 0 Å². The van der Waals surface area contributed by atoms with Gasteiger partial charge in [0.2, 0.25) is 5.91 Å². The molecule has 6 heteroatoms. The van der Waals surface area contributed by atoms with E-state index in [4.69, 9.17) is 9.47 Å². The number of nitrogens with zero attached hydrogens (tertiary/aromatic N) is 3. The number of methoxy groups -OCH3 is 1. The zero-order valence-corrected chi connectivity index (χ0v) is 22.4. The number of hydrogen-bond donors (Lipinski definition) is 0. The maximum atomic E-state index is 12.7. The fourth-order valence-electron chi connectivity index (χ4n) is 5.72. The molecule has 0 aliphatic carbocycles. The van der Waals surface area contributed by atoms with Crippen LogP contribution in [-0.2, 0) is 17.8 Å². The fraction of sp³-hybridized carbons (Fsp3) is 0.567. The van der Waals surface area contributed by atoms with Crippen molar-refractivity contribution in [3.05, 3.63) is 59.7 Å². The lowest BCUT2D eigenvalue weighted by atomic mass is 9.73. The van der Waals surface area contributed by atoms with Gasteiger partial charge >= 0.3 is 0 Å². The van der Waals surface area contributed by atoms with Gasteiger partial charge in [-0.1, -0.05) is 36.8 Å². The number of piperidine rings is 1. The van der Waals surface area contributed by atoms with Crippen LogP contribution in [0.5, 0.6) is 11.5 Å². The van der Waals surface area contributed by atoms with E-state index in [-0.39, 0.29) is 11.3 Å². The number of benzene rings is 2. The van der Waals surface area contributed by atoms with E-state index >= 15 is 0 Å². The molecule has 0 unspecified atom stereocenters. The first kappa shape index (κ1) is 26.5. The van der Waals surface area contributed by atoms with Crippen molar-refractivity contribution >= 4 is 5.91 Å². The first-order valence-electron chi connectivity index (χ1n) is 13.4. The molecule has 0 radical (unpaired) electrons. The van der Waals surface area contributed by atoms with Crippen molar-refractivity contribution in [3.8, 4) is 11.5 Å². The average Bonchev–Trinajstić information content (AvgIpc) is 2.87. The molecule has 1 fully saturated rings. The SMILES string of the molecule is COc1ccc(CN2CCOc3ccccc3CCCCC3(CCN(C(=O)CN(C)C)CC3)C2)cc1. The van der Waals surface area contributed by atoms with Gasteiger partial charge in [0.25, 0.3) is 0 Å². The van der Waals surface area contributed by atoms with Crippen LogP contribution in [0, 0.1) is 5.41 Å². The van der Waals surface area contributed by atoms with E-state index in [2.05, 4.69) is 46.2 Å². The van der Waals surface area contributed by atoms with E-state index in [0.717, 1.165) is 63.5 Å². The molecule has 0 aromatic heterocycles. The van der Waals surface area contributed by atoms with Gasteiger partial charge in [0.15, 0.2) is 0 Å². The number of likely N-dealkylation sites (N-methyl/N-ethyl adjacent to an activating group) is 1. The van der Waals surface area contributed by atoms with Gasteiger partial charge in [-0.2, -0.15) is 0 Å². The highest BCUT2D eigenvalue weighted by molar-refractivity contribution is 5.78. The summed E-state index contributed by atoms with van der Waals surface area (Å²) in [5, 5.41) is 0. The molecule has 1 spiro atoms. The Hall–Kier alpha value is -2.57. The third-order valence-corrected chi connectivity index (χ3v) is 7.79. The largest absolute Gasteiger partial charge is 0.497 e. The molecule has 4 rings (SSSR count). The van der Waals surface area contributed by atoms with Crippen LogP contribution >= 0.6 is 0 Å². The van der Waals surface area contributed by atoms with E-state index in [1.54, 1.807) is 7.11 Å². The summed E-state index contributed by atoms with van der Waals surface area (Å²) in [6.45, 7) is 5.71. The summed E-state index contributed by atoms with van der Waals surface area (Å²) in [4.78, 5) is 19.3. The second-order valence-electron chi connectivity index (χ2n) is 10.8. The molecule has 2 aromatic rings. The van der Waals surface area contributed by atoms with Gasteiger partial charge in [-0.25, -0.2) is 0 Å². The summed E-state index contributed by atoms with van der Waals surface area (Å²) < 4.78 is 11.7. The predicted molar refractivity (Wildman–Crippen MR) is 145 cm³/mol. The summed E-state index contributed by atoms with van der Waals surface area (Å²) in [7, 11) is 5.64. The van der Waals surface area contributed by atoms with Gasteiger partial charge in [-0.05, 0) is 80.9 Å². The monoisotopic (exact) mass is 493 g/mol. The number of ether oxygens (including phenoxy) is 2. The van der Waals surface area contributed by atoms with Crippen LogP contribution in [-0.4, -0.2) is 81.1 Å². The Morgan fingerprint density at radius 1 is 1.00 bits per heavy atom. The van der Waals surface area contributed by atoms with Gasteiger partial charge in [0.1, 0.15) is 18.1 Å². The van der Waals surface area contributed by atoms with Gasteiger partial charge in [-0.3, -0.25) is 9.69 Å². The second kappa shape index (κ2) is 12.6. The second-order valence-corrected chi connectivity index (χ2v) is 10.8. The standard InChI is InChI=1S/C30H43N3O3/c1-31(2)23-29(34)33-18-16-30(17-19-33)15-7-6-9-26-8-4-5-10-28(26)36-21-20-32(24-30)22-25-11-13-27(35-3)14-12-25/h4-5,8,10-14H,6-7,9,15-24H2,1-3H3. The van der Waals surface area contributed by atoms with Crippen molar-refractivity contribution in [2.75, 3.05) is 60.5 Å². The number of hydrogen-bond acceptors (Lipinski definition) is 5. The van der Waals surface area contributed by atoms with Crippen molar-refractivity contribution in [1.82, 2.24) is 14.7 Å². The fourth-order valence-corrected chi connectivity index (χ4v) is 5.72. The number of aryl methyl sites for hydroxylation is 1. The predicted octanol–water partition coefficient (Wildman–Crippen LogP) is 4.47. The van der Waals surface area contributed by atoms with Crippen molar-refractivity contribution in [1.29, 1.82) is 0 Å². The Balaban J connectivity index is 1.50. The molecule has 2 aromatic carbocycles. The molecular weight excluding hydrogens is 450 g/mol. The zero-order valence-electron chi connectivity index (χ0n) is 22.4. The highest BCUT2D eigenvalue weighted by Crippen LogP contribution is 2.39. The van der Waals surface area contributed by atoms with Crippen molar-refractivity contribution in [2.24, 2.45) is 5.41 Å². The number of carbonyl (C=O) groups excluding carboxylic acids is 1. The summed E-state index contributed by atoms with van der Waals surface area (Å²) in [6.07, 6.45) is 6.80. The molecular formula is C30H43N3O3. The Kier molecular flexibility index (Phi) is 9.27. The summed E-state index contributed by atoms with van der Waals surface area (Å²) >= 11 is 0. The smallest absolute Gasteiger partial charge is 0.236 e. The Labute approximate surface area is 217 Å². The molecule has 2 heterocycles. The Morgan fingerprint density at radius 2 is 1.75 bits per heavy atom. The minimum Gasteiger partial charge on any atom is -0.497 e. The highest BCUT2D eigenvalue weighted by Gasteiger charge is 2.37. The first-order valence-corrected chi connectivity index (χ1v) is 13.4. The number of para-hydroxylation sites is 1. The molecule has 0 bridgehead atoms. The third-order valence-electron chi connectivity index (χ3n) is 7.79. The van der Waals surface area contributed by atoms with E-state index in [0.29, 0.717) is 13.2 Å². The first-order chi connectivity index (χ1) is 17.5. The highest BCUT2D eigenvalue weighted by atomic mass is 16.5. The molecule has 0 saturated carbocycles. The third kappa shape index (κ3) is 7.23. The van der Waals surface area contributed by atoms with E-state index in [9.17, 15) is 4.79 Å². The molecule has 0 N–H and O–H groups in total. The van der Waals surface area contributed by atoms with Crippen LogP contribution in [0.1, 0.15) is 43.2 Å². The minimum absolute atomic E-state index is 0.236. The molecule has 0 atom stereocenters. The molecule has 36 heavy (non-hydrogen) atoms. The quantitative estimate of drug-likeness (QED) is 0.615.